The van der Waals surface area contributed by atoms with Crippen molar-refractivity contribution in [1.29, 1.82) is 0 Å². The van der Waals surface area contributed by atoms with E-state index < -0.39 is 0 Å². The number of ether oxygens (including phenoxy) is 2. The number of aryl methyl sites for hydroxylation is 1. The van der Waals surface area contributed by atoms with Crippen molar-refractivity contribution in [2.45, 2.75) is 52.7 Å². The number of para-hydroxylation sites is 1. The van der Waals surface area contributed by atoms with E-state index in [1.54, 1.807) is 7.11 Å². The molecule has 6 nitrogen and oxygen atoms in total. The fourth-order valence-corrected chi connectivity index (χ4v) is 3.84. The Kier molecular flexibility index (Phi) is 8.71. The lowest BCUT2D eigenvalue weighted by molar-refractivity contribution is 0.100. The summed E-state index contributed by atoms with van der Waals surface area (Å²) in [5, 5.41) is 15.3. The van der Waals surface area contributed by atoms with E-state index in [2.05, 4.69) is 18.7 Å². The van der Waals surface area contributed by atoms with E-state index in [0.717, 1.165) is 48.5 Å². The first kappa shape index (κ1) is 23.8. The van der Waals surface area contributed by atoms with E-state index in [-0.39, 0.29) is 6.10 Å². The Balaban J connectivity index is 1.99. The van der Waals surface area contributed by atoms with Gasteiger partial charge in [0.25, 0.3) is 0 Å². The van der Waals surface area contributed by atoms with Crippen LogP contribution >= 0.6 is 0 Å². The van der Waals surface area contributed by atoms with Gasteiger partial charge in [-0.1, -0.05) is 44.5 Å². The molecule has 0 bridgehead atoms. The summed E-state index contributed by atoms with van der Waals surface area (Å²) in [4.78, 5) is 2.29. The highest BCUT2D eigenvalue weighted by molar-refractivity contribution is 5.44. The van der Waals surface area contributed by atoms with Crippen molar-refractivity contribution in [3.05, 3.63) is 65.9 Å². The molecule has 0 unspecified atom stereocenters. The number of aromatic nitrogens is 2. The molecule has 0 aliphatic rings. The molecule has 0 fully saturated rings. The molecule has 1 atom stereocenters. The van der Waals surface area contributed by atoms with Crippen LogP contribution in [0.1, 0.15) is 44.4 Å². The highest BCUT2D eigenvalue weighted by atomic mass is 16.5. The SMILES string of the molecule is CCC[C@@H](O)CN(CCC)Cc1c(C)nn(-c2ccccc2)c1Oc1cccc(OC)c1. The fraction of sp³-hybridized carbons (Fsp3) is 0.423. The van der Waals surface area contributed by atoms with Crippen LogP contribution in [0.2, 0.25) is 0 Å². The largest absolute Gasteiger partial charge is 0.497 e. The van der Waals surface area contributed by atoms with E-state index in [1.807, 2.05) is 66.2 Å². The second-order valence-electron chi connectivity index (χ2n) is 8.08. The molecule has 0 aliphatic heterocycles. The fourth-order valence-electron chi connectivity index (χ4n) is 3.84. The maximum absolute atomic E-state index is 10.4. The van der Waals surface area contributed by atoms with Crippen molar-refractivity contribution >= 4 is 0 Å². The first-order valence-corrected chi connectivity index (χ1v) is 11.4. The molecule has 1 heterocycles. The standard InChI is InChI=1S/C26H35N3O3/c1-5-11-22(30)18-28(16-6-2)19-25-20(3)27-29(21-12-8-7-9-13-21)26(25)32-24-15-10-14-23(17-24)31-4/h7-10,12-15,17,22,30H,5-6,11,16,18-19H2,1-4H3/t22-/m1/s1. The van der Waals surface area contributed by atoms with Gasteiger partial charge in [0.05, 0.1) is 30.2 Å². The molecule has 6 heteroatoms. The smallest absolute Gasteiger partial charge is 0.227 e. The van der Waals surface area contributed by atoms with Crippen molar-refractivity contribution in [2.24, 2.45) is 0 Å². The van der Waals surface area contributed by atoms with Crippen LogP contribution in [0.15, 0.2) is 54.6 Å². The number of aliphatic hydroxyl groups is 1. The summed E-state index contributed by atoms with van der Waals surface area (Å²) in [5.74, 6) is 2.12. The Morgan fingerprint density at radius 2 is 1.78 bits per heavy atom. The molecule has 1 aromatic heterocycles. The van der Waals surface area contributed by atoms with E-state index in [9.17, 15) is 5.11 Å². The first-order chi connectivity index (χ1) is 15.5. The molecular weight excluding hydrogens is 402 g/mol. The summed E-state index contributed by atoms with van der Waals surface area (Å²) in [6.07, 6.45) is 2.45. The molecule has 3 aromatic rings. The maximum Gasteiger partial charge on any atom is 0.227 e. The van der Waals surface area contributed by atoms with Gasteiger partial charge in [0.15, 0.2) is 0 Å². The third-order valence-corrected chi connectivity index (χ3v) is 5.41. The number of hydrogen-bond acceptors (Lipinski definition) is 5. The third kappa shape index (κ3) is 6.11. The number of aliphatic hydroxyl groups excluding tert-OH is 1. The highest BCUT2D eigenvalue weighted by Gasteiger charge is 2.22. The Hall–Kier alpha value is -2.83. The molecule has 1 N–H and O–H groups in total. The summed E-state index contributed by atoms with van der Waals surface area (Å²) in [7, 11) is 1.65. The molecule has 0 aliphatic carbocycles. The van der Waals surface area contributed by atoms with E-state index in [4.69, 9.17) is 14.6 Å². The molecule has 0 radical (unpaired) electrons. The zero-order chi connectivity index (χ0) is 22.9. The lowest BCUT2D eigenvalue weighted by atomic mass is 10.1. The predicted molar refractivity (Wildman–Crippen MR) is 128 cm³/mol. The van der Waals surface area contributed by atoms with E-state index >= 15 is 0 Å². The maximum atomic E-state index is 10.4. The lowest BCUT2D eigenvalue weighted by Gasteiger charge is -2.25. The van der Waals surface area contributed by atoms with Gasteiger partial charge >= 0.3 is 0 Å². The normalized spacial score (nSPS) is 12.2. The third-order valence-electron chi connectivity index (χ3n) is 5.41. The average Bonchev–Trinajstić information content (AvgIpc) is 3.10. The molecule has 172 valence electrons. The monoisotopic (exact) mass is 437 g/mol. The molecule has 0 spiro atoms. The van der Waals surface area contributed by atoms with Gasteiger partial charge in [-0.25, -0.2) is 4.68 Å². The summed E-state index contributed by atoms with van der Waals surface area (Å²) in [6.45, 7) is 8.46. The van der Waals surface area contributed by atoms with Crippen LogP contribution in [0.4, 0.5) is 0 Å². The molecule has 2 aromatic carbocycles. The summed E-state index contributed by atoms with van der Waals surface area (Å²) in [6, 6.07) is 17.6. The van der Waals surface area contributed by atoms with Crippen molar-refractivity contribution in [1.82, 2.24) is 14.7 Å². The van der Waals surface area contributed by atoms with Gasteiger partial charge in [-0.3, -0.25) is 4.90 Å². The molecule has 3 rings (SSSR count). The second-order valence-corrected chi connectivity index (χ2v) is 8.08. The number of benzene rings is 2. The summed E-state index contributed by atoms with van der Waals surface area (Å²) < 4.78 is 13.6. The number of nitrogens with zero attached hydrogens (tertiary/aromatic N) is 3. The van der Waals surface area contributed by atoms with Crippen LogP contribution in [0.3, 0.4) is 0 Å². The van der Waals surface area contributed by atoms with E-state index in [0.29, 0.717) is 24.7 Å². The van der Waals surface area contributed by atoms with Gasteiger partial charge < -0.3 is 14.6 Å². The van der Waals surface area contributed by atoms with Gasteiger partial charge in [-0.2, -0.15) is 5.10 Å². The molecule has 0 amide bonds. The van der Waals surface area contributed by atoms with Crippen molar-refractivity contribution in [2.75, 3.05) is 20.2 Å². The zero-order valence-electron chi connectivity index (χ0n) is 19.6. The lowest BCUT2D eigenvalue weighted by Crippen LogP contribution is -2.33. The quantitative estimate of drug-likeness (QED) is 0.414. The Bertz CT molecular complexity index is 972. The summed E-state index contributed by atoms with van der Waals surface area (Å²) in [5.41, 5.74) is 2.87. The van der Waals surface area contributed by atoms with Crippen molar-refractivity contribution in [3.8, 4) is 23.1 Å². The minimum atomic E-state index is -0.334. The zero-order valence-corrected chi connectivity index (χ0v) is 19.6. The number of hydrogen-bond donors (Lipinski definition) is 1. The first-order valence-electron chi connectivity index (χ1n) is 11.4. The molecule has 32 heavy (non-hydrogen) atoms. The van der Waals surface area contributed by atoms with Crippen LogP contribution in [0.25, 0.3) is 5.69 Å². The second kappa shape index (κ2) is 11.7. The van der Waals surface area contributed by atoms with Crippen molar-refractivity contribution < 1.29 is 14.6 Å². The van der Waals surface area contributed by atoms with Crippen LogP contribution in [0.5, 0.6) is 17.4 Å². The van der Waals surface area contributed by atoms with Crippen LogP contribution in [-0.2, 0) is 6.54 Å². The average molecular weight is 438 g/mol. The Morgan fingerprint density at radius 1 is 1.03 bits per heavy atom. The Labute approximate surface area is 191 Å². The number of rotatable bonds is 12. The predicted octanol–water partition coefficient (Wildman–Crippen LogP) is 5.35. The van der Waals surface area contributed by atoms with E-state index in [1.165, 1.54) is 0 Å². The molecule has 0 saturated carbocycles. The minimum absolute atomic E-state index is 0.334. The van der Waals surface area contributed by atoms with Crippen LogP contribution in [-0.4, -0.2) is 46.1 Å². The Morgan fingerprint density at radius 3 is 2.47 bits per heavy atom. The molecule has 0 saturated heterocycles. The van der Waals surface area contributed by atoms with Gasteiger partial charge in [0, 0.05) is 19.2 Å². The van der Waals surface area contributed by atoms with Gasteiger partial charge in [-0.05, 0) is 50.6 Å². The van der Waals surface area contributed by atoms with Crippen LogP contribution < -0.4 is 9.47 Å². The summed E-state index contributed by atoms with van der Waals surface area (Å²) >= 11 is 0. The van der Waals surface area contributed by atoms with Gasteiger partial charge in [-0.15, -0.1) is 0 Å². The van der Waals surface area contributed by atoms with Gasteiger partial charge in [0.1, 0.15) is 11.5 Å². The highest BCUT2D eigenvalue weighted by Crippen LogP contribution is 2.33. The topological polar surface area (TPSA) is 59.8 Å². The minimum Gasteiger partial charge on any atom is -0.497 e. The molecular formula is C26H35N3O3. The van der Waals surface area contributed by atoms with Crippen molar-refractivity contribution in [3.63, 3.8) is 0 Å². The van der Waals surface area contributed by atoms with Gasteiger partial charge in [0.2, 0.25) is 5.88 Å². The number of methoxy groups -OCH3 is 1. The van der Waals surface area contributed by atoms with Crippen LogP contribution in [0, 0.1) is 6.92 Å².